The molecule has 1 aliphatic carbocycles. The molecule has 0 aliphatic heterocycles. The zero-order valence-electron chi connectivity index (χ0n) is 12.7. The van der Waals surface area contributed by atoms with Crippen LogP contribution in [-0.4, -0.2) is 20.5 Å². The second kappa shape index (κ2) is 5.08. The van der Waals surface area contributed by atoms with Gasteiger partial charge in [0.25, 0.3) is 11.5 Å². The Labute approximate surface area is 132 Å². The summed E-state index contributed by atoms with van der Waals surface area (Å²) in [6, 6.07) is 7.56. The molecule has 6 nitrogen and oxygen atoms in total. The summed E-state index contributed by atoms with van der Waals surface area (Å²) in [4.78, 5) is 29.4. The molecule has 0 unspecified atom stereocenters. The highest BCUT2D eigenvalue weighted by Gasteiger charge is 2.22. The van der Waals surface area contributed by atoms with Crippen LogP contribution in [0, 0.1) is 6.92 Å². The summed E-state index contributed by atoms with van der Waals surface area (Å²) in [5.74, 6) is -0.280. The van der Waals surface area contributed by atoms with E-state index in [1.54, 1.807) is 0 Å². The number of carbonyl (C=O) groups is 1. The number of carbonyl (C=O) groups excluding carboxylic acids is 1. The normalized spacial score (nSPS) is 13.3. The molecule has 116 valence electrons. The number of nitrogens with one attached hydrogen (secondary N) is 2. The molecule has 4 rings (SSSR count). The summed E-state index contributed by atoms with van der Waals surface area (Å²) >= 11 is 0. The number of hydrogen-bond donors (Lipinski definition) is 2. The van der Waals surface area contributed by atoms with Gasteiger partial charge in [-0.1, -0.05) is 17.7 Å². The van der Waals surface area contributed by atoms with Crippen molar-refractivity contribution in [1.29, 1.82) is 0 Å². The Hall–Kier alpha value is -2.89. The lowest BCUT2D eigenvalue weighted by Crippen LogP contribution is -2.21. The zero-order chi connectivity index (χ0) is 16.0. The van der Waals surface area contributed by atoms with Gasteiger partial charge in [0.1, 0.15) is 5.56 Å². The number of anilines is 1. The number of rotatable bonds is 2. The fraction of sp³-hybridized carbons (Fsp3) is 0.235. The third kappa shape index (κ3) is 2.23. The van der Waals surface area contributed by atoms with Crippen LogP contribution in [0.3, 0.4) is 0 Å². The first-order valence-corrected chi connectivity index (χ1v) is 7.63. The largest absolute Gasteiger partial charge is 0.322 e. The third-order valence-electron chi connectivity index (χ3n) is 4.24. The smallest absolute Gasteiger partial charge is 0.276 e. The van der Waals surface area contributed by atoms with Crippen LogP contribution in [0.25, 0.3) is 5.65 Å². The molecule has 0 spiro atoms. The molecule has 23 heavy (non-hydrogen) atoms. The van der Waals surface area contributed by atoms with Gasteiger partial charge in [0.15, 0.2) is 5.65 Å². The predicted octanol–water partition coefficient (Wildman–Crippen LogP) is 2.07. The van der Waals surface area contributed by atoms with Crippen LogP contribution < -0.4 is 10.9 Å². The quantitative estimate of drug-likeness (QED) is 0.760. The molecule has 1 aromatic carbocycles. The van der Waals surface area contributed by atoms with E-state index in [1.165, 1.54) is 10.7 Å². The summed E-state index contributed by atoms with van der Waals surface area (Å²) in [6.45, 7) is 1.99. The number of hydrogen-bond acceptors (Lipinski definition) is 3. The Morgan fingerprint density at radius 1 is 1.26 bits per heavy atom. The highest BCUT2D eigenvalue weighted by Crippen LogP contribution is 2.19. The number of H-pyrrole nitrogens is 1. The van der Waals surface area contributed by atoms with Gasteiger partial charge in [-0.15, -0.1) is 0 Å². The molecule has 0 fully saturated rings. The second-order valence-corrected chi connectivity index (χ2v) is 5.86. The first kappa shape index (κ1) is 13.8. The minimum absolute atomic E-state index is 0.100. The monoisotopic (exact) mass is 308 g/mol. The second-order valence-electron chi connectivity index (χ2n) is 5.86. The van der Waals surface area contributed by atoms with Crippen molar-refractivity contribution in [3.8, 4) is 0 Å². The molecular weight excluding hydrogens is 292 g/mol. The summed E-state index contributed by atoms with van der Waals surface area (Å²) < 4.78 is 1.36. The van der Waals surface area contributed by atoms with Crippen molar-refractivity contribution in [1.82, 2.24) is 14.6 Å². The molecule has 2 aromatic heterocycles. The third-order valence-corrected chi connectivity index (χ3v) is 4.24. The lowest BCUT2D eigenvalue weighted by Gasteiger charge is -2.05. The number of aromatic amines is 1. The molecule has 0 saturated heterocycles. The van der Waals surface area contributed by atoms with E-state index in [1.807, 2.05) is 31.2 Å². The van der Waals surface area contributed by atoms with Crippen molar-refractivity contribution < 1.29 is 4.79 Å². The molecule has 0 radical (unpaired) electrons. The van der Waals surface area contributed by atoms with Crippen LogP contribution in [0.5, 0.6) is 0 Å². The maximum absolute atomic E-state index is 12.5. The molecular formula is C17H16N4O2. The van der Waals surface area contributed by atoms with Gasteiger partial charge < -0.3 is 5.32 Å². The average molecular weight is 308 g/mol. The summed E-state index contributed by atoms with van der Waals surface area (Å²) in [5, 5.41) is 5.68. The fourth-order valence-corrected chi connectivity index (χ4v) is 2.99. The van der Waals surface area contributed by atoms with E-state index in [2.05, 4.69) is 15.4 Å². The highest BCUT2D eigenvalue weighted by molar-refractivity contribution is 6.08. The molecule has 1 aliphatic rings. The van der Waals surface area contributed by atoms with Gasteiger partial charge >= 0.3 is 0 Å². The fourth-order valence-electron chi connectivity index (χ4n) is 2.99. The number of nitrogens with zero attached hydrogens (tertiary/aromatic N) is 2. The highest BCUT2D eigenvalue weighted by atomic mass is 16.2. The van der Waals surface area contributed by atoms with E-state index in [9.17, 15) is 9.59 Å². The van der Waals surface area contributed by atoms with Crippen LogP contribution in [0.4, 0.5) is 5.69 Å². The van der Waals surface area contributed by atoms with Crippen molar-refractivity contribution in [3.63, 3.8) is 0 Å². The molecule has 3 aromatic rings. The van der Waals surface area contributed by atoms with Crippen LogP contribution >= 0.6 is 0 Å². The van der Waals surface area contributed by atoms with Gasteiger partial charge in [0.05, 0.1) is 5.69 Å². The first-order chi connectivity index (χ1) is 11.1. The van der Waals surface area contributed by atoms with Crippen LogP contribution in [0.1, 0.15) is 33.6 Å². The van der Waals surface area contributed by atoms with Gasteiger partial charge in [-0.05, 0) is 38.3 Å². The first-order valence-electron chi connectivity index (χ1n) is 7.63. The van der Waals surface area contributed by atoms with Gasteiger partial charge in [-0.3, -0.25) is 14.7 Å². The average Bonchev–Trinajstić information content (AvgIpc) is 3.17. The van der Waals surface area contributed by atoms with Gasteiger partial charge in [0.2, 0.25) is 0 Å². The van der Waals surface area contributed by atoms with Gasteiger partial charge in [-0.25, -0.2) is 9.50 Å². The lowest BCUT2D eigenvalue weighted by molar-refractivity contribution is 0.102. The van der Waals surface area contributed by atoms with Gasteiger partial charge in [-0.2, -0.15) is 0 Å². The Bertz CT molecular complexity index is 967. The molecule has 2 N–H and O–H groups in total. The van der Waals surface area contributed by atoms with Crippen molar-refractivity contribution >= 4 is 17.2 Å². The SMILES string of the molecule is Cc1ccc(NC(=O)c2c[nH]n3c(=O)c4c(nc23)CCC4)cc1. The summed E-state index contributed by atoms with van der Waals surface area (Å²) in [7, 11) is 0. The van der Waals surface area contributed by atoms with Crippen molar-refractivity contribution in [3.05, 3.63) is 63.2 Å². The van der Waals surface area contributed by atoms with Crippen molar-refractivity contribution in [2.75, 3.05) is 5.32 Å². The minimum atomic E-state index is -0.280. The topological polar surface area (TPSA) is 79.3 Å². The number of aromatic nitrogens is 3. The molecule has 0 bridgehead atoms. The molecule has 0 atom stereocenters. The van der Waals surface area contributed by atoms with Crippen LogP contribution in [0.2, 0.25) is 0 Å². The molecule has 6 heteroatoms. The lowest BCUT2D eigenvalue weighted by atomic mass is 10.2. The van der Waals surface area contributed by atoms with E-state index in [4.69, 9.17) is 0 Å². The van der Waals surface area contributed by atoms with E-state index < -0.39 is 0 Å². The van der Waals surface area contributed by atoms with E-state index in [0.29, 0.717) is 16.9 Å². The Morgan fingerprint density at radius 2 is 2.04 bits per heavy atom. The number of aryl methyl sites for hydroxylation is 2. The number of benzene rings is 1. The van der Waals surface area contributed by atoms with E-state index >= 15 is 0 Å². The molecule has 1 amide bonds. The number of amides is 1. The van der Waals surface area contributed by atoms with E-state index in [0.717, 1.165) is 36.1 Å². The van der Waals surface area contributed by atoms with Crippen LogP contribution in [-0.2, 0) is 12.8 Å². The Balaban J connectivity index is 1.74. The molecule has 0 saturated carbocycles. The van der Waals surface area contributed by atoms with Crippen molar-refractivity contribution in [2.24, 2.45) is 0 Å². The Kier molecular flexibility index (Phi) is 3.04. The Morgan fingerprint density at radius 3 is 2.83 bits per heavy atom. The molecule has 2 heterocycles. The van der Waals surface area contributed by atoms with Crippen LogP contribution in [0.15, 0.2) is 35.3 Å². The minimum Gasteiger partial charge on any atom is -0.322 e. The maximum Gasteiger partial charge on any atom is 0.276 e. The summed E-state index contributed by atoms with van der Waals surface area (Å²) in [5.41, 5.74) is 4.07. The number of fused-ring (bicyclic) bond motifs is 2. The summed E-state index contributed by atoms with van der Waals surface area (Å²) in [6.07, 6.45) is 4.03. The van der Waals surface area contributed by atoms with Crippen molar-refractivity contribution in [2.45, 2.75) is 26.2 Å². The predicted molar refractivity (Wildman–Crippen MR) is 87.0 cm³/mol. The van der Waals surface area contributed by atoms with Gasteiger partial charge in [0, 0.05) is 17.4 Å². The van der Waals surface area contributed by atoms with E-state index in [-0.39, 0.29) is 11.5 Å². The maximum atomic E-state index is 12.5. The standard InChI is InChI=1S/C17H16N4O2/c1-10-5-7-11(8-6-10)19-16(22)13-9-18-21-15(13)20-14-4-2-3-12(14)17(21)23/h5-9,18H,2-4H2,1H3,(H,19,22). The zero-order valence-corrected chi connectivity index (χ0v) is 12.7.